The van der Waals surface area contributed by atoms with Crippen LogP contribution in [0.1, 0.15) is 15.9 Å². The van der Waals surface area contributed by atoms with Crippen molar-refractivity contribution in [3.8, 4) is 0 Å². The Labute approximate surface area is 154 Å². The van der Waals surface area contributed by atoms with E-state index < -0.39 is 33.4 Å². The number of hydrogen-bond acceptors (Lipinski definition) is 7. The topological polar surface area (TPSA) is 159 Å². The zero-order valence-electron chi connectivity index (χ0n) is 14.0. The molecule has 142 valence electrons. The molecule has 0 spiro atoms. The summed E-state index contributed by atoms with van der Waals surface area (Å²) >= 11 is 0. The first-order chi connectivity index (χ1) is 12.6. The molecule has 0 fully saturated rings. The Morgan fingerprint density at radius 1 is 1.22 bits per heavy atom. The van der Waals surface area contributed by atoms with Crippen LogP contribution in [0.3, 0.4) is 0 Å². The molecule has 0 aliphatic heterocycles. The molecule has 0 radical (unpaired) electrons. The summed E-state index contributed by atoms with van der Waals surface area (Å²) in [5.74, 6) is -1.53. The second-order valence-corrected chi connectivity index (χ2v) is 7.02. The lowest BCUT2D eigenvalue weighted by Gasteiger charge is -2.08. The molecule has 2 aromatic rings. The van der Waals surface area contributed by atoms with E-state index in [4.69, 9.17) is 9.88 Å². The number of anilines is 1. The van der Waals surface area contributed by atoms with Gasteiger partial charge in [-0.15, -0.1) is 0 Å². The number of carbonyl (C=O) groups is 2. The monoisotopic (exact) mass is 393 g/mol. The number of nitro benzene ring substituents is 1. The number of sulfonamides is 1. The zero-order chi connectivity index (χ0) is 20.2. The smallest absolute Gasteiger partial charge is 0.338 e. The summed E-state index contributed by atoms with van der Waals surface area (Å²) in [7, 11) is -3.92. The minimum atomic E-state index is -3.92. The van der Waals surface area contributed by atoms with Crippen LogP contribution in [-0.2, 0) is 19.6 Å². The molecule has 10 nitrogen and oxygen atoms in total. The van der Waals surface area contributed by atoms with Crippen molar-refractivity contribution in [3.63, 3.8) is 0 Å². The molecule has 0 aliphatic carbocycles. The average molecular weight is 393 g/mol. The number of rotatable bonds is 6. The summed E-state index contributed by atoms with van der Waals surface area (Å²) in [6.07, 6.45) is 0. The van der Waals surface area contributed by atoms with Crippen LogP contribution in [0.25, 0.3) is 0 Å². The van der Waals surface area contributed by atoms with E-state index in [-0.39, 0.29) is 27.4 Å². The SMILES string of the molecule is Cc1cc(C(=O)OCC(=O)Nc2cccc(S(N)(=O)=O)c2)ccc1[N+](=O)[O-]. The Bertz CT molecular complexity index is 1020. The number of primary sulfonamides is 1. The summed E-state index contributed by atoms with van der Waals surface area (Å²) in [6.45, 7) is 0.842. The Kier molecular flexibility index (Phi) is 5.88. The van der Waals surface area contributed by atoms with Gasteiger partial charge in [0.25, 0.3) is 11.6 Å². The highest BCUT2D eigenvalue weighted by molar-refractivity contribution is 7.89. The predicted octanol–water partition coefficient (Wildman–Crippen LogP) is 1.35. The van der Waals surface area contributed by atoms with Crippen LogP contribution in [0.5, 0.6) is 0 Å². The van der Waals surface area contributed by atoms with Crippen LogP contribution >= 0.6 is 0 Å². The number of nitro groups is 1. The molecule has 1 amide bonds. The van der Waals surface area contributed by atoms with E-state index in [1.54, 1.807) is 0 Å². The number of nitrogens with two attached hydrogens (primary N) is 1. The largest absolute Gasteiger partial charge is 0.452 e. The summed E-state index contributed by atoms with van der Waals surface area (Å²) in [5, 5.41) is 18.1. The fraction of sp³-hybridized carbons (Fsp3) is 0.125. The fourth-order valence-corrected chi connectivity index (χ4v) is 2.71. The van der Waals surface area contributed by atoms with E-state index >= 15 is 0 Å². The maximum absolute atomic E-state index is 12.0. The lowest BCUT2D eigenvalue weighted by atomic mass is 10.1. The maximum Gasteiger partial charge on any atom is 0.338 e. The number of carbonyl (C=O) groups excluding carboxylic acids is 2. The molecule has 0 saturated heterocycles. The van der Waals surface area contributed by atoms with Crippen molar-refractivity contribution in [2.75, 3.05) is 11.9 Å². The minimum absolute atomic E-state index is 0.0575. The van der Waals surface area contributed by atoms with Crippen LogP contribution in [0, 0.1) is 17.0 Å². The Morgan fingerprint density at radius 2 is 1.93 bits per heavy atom. The molecule has 0 bridgehead atoms. The van der Waals surface area contributed by atoms with Gasteiger partial charge in [-0.05, 0) is 37.3 Å². The normalized spacial score (nSPS) is 10.9. The minimum Gasteiger partial charge on any atom is -0.452 e. The zero-order valence-corrected chi connectivity index (χ0v) is 14.9. The van der Waals surface area contributed by atoms with Crippen molar-refractivity contribution in [2.24, 2.45) is 5.14 Å². The Balaban J connectivity index is 1.98. The lowest BCUT2D eigenvalue weighted by Crippen LogP contribution is -2.21. The summed E-state index contributed by atoms with van der Waals surface area (Å²) in [5.41, 5.74) is 0.355. The van der Waals surface area contributed by atoms with Crippen molar-refractivity contribution in [1.82, 2.24) is 0 Å². The molecule has 2 aromatic carbocycles. The van der Waals surface area contributed by atoms with Gasteiger partial charge < -0.3 is 10.1 Å². The van der Waals surface area contributed by atoms with Crippen molar-refractivity contribution in [2.45, 2.75) is 11.8 Å². The standard InChI is InChI=1S/C16H15N3O7S/c1-10-7-11(5-6-14(10)19(22)23)16(21)26-9-15(20)18-12-3-2-4-13(8-12)27(17,24)25/h2-8H,9H2,1H3,(H,18,20)(H2,17,24,25). The first-order valence-corrected chi connectivity index (χ1v) is 8.97. The van der Waals surface area contributed by atoms with E-state index in [1.165, 1.54) is 43.3 Å². The molecule has 0 saturated carbocycles. The van der Waals surface area contributed by atoms with Gasteiger partial charge in [0.15, 0.2) is 6.61 Å². The molecule has 0 aromatic heterocycles. The number of benzene rings is 2. The Morgan fingerprint density at radius 3 is 2.52 bits per heavy atom. The van der Waals surface area contributed by atoms with Crippen LogP contribution in [-0.4, -0.2) is 31.8 Å². The molecule has 0 unspecified atom stereocenters. The van der Waals surface area contributed by atoms with Crippen molar-refractivity contribution < 1.29 is 27.7 Å². The van der Waals surface area contributed by atoms with Gasteiger partial charge in [0.1, 0.15) is 0 Å². The number of amides is 1. The summed E-state index contributed by atoms with van der Waals surface area (Å²) < 4.78 is 27.4. The third kappa shape index (κ3) is 5.33. The highest BCUT2D eigenvalue weighted by Crippen LogP contribution is 2.19. The van der Waals surface area contributed by atoms with E-state index in [2.05, 4.69) is 5.32 Å². The molecule has 27 heavy (non-hydrogen) atoms. The van der Waals surface area contributed by atoms with Crippen molar-refractivity contribution in [3.05, 3.63) is 63.7 Å². The van der Waals surface area contributed by atoms with Crippen LogP contribution in [0.2, 0.25) is 0 Å². The number of esters is 1. The molecule has 2 rings (SSSR count). The molecule has 11 heteroatoms. The molecular weight excluding hydrogens is 378 g/mol. The number of ether oxygens (including phenoxy) is 1. The molecule has 0 aliphatic rings. The van der Waals surface area contributed by atoms with Gasteiger partial charge in [0.2, 0.25) is 10.0 Å². The molecule has 3 N–H and O–H groups in total. The highest BCUT2D eigenvalue weighted by atomic mass is 32.2. The number of hydrogen-bond donors (Lipinski definition) is 2. The van der Waals surface area contributed by atoms with Gasteiger partial charge >= 0.3 is 5.97 Å². The molecule has 0 atom stereocenters. The predicted molar refractivity (Wildman–Crippen MR) is 94.6 cm³/mol. The van der Waals surface area contributed by atoms with Crippen molar-refractivity contribution in [1.29, 1.82) is 0 Å². The second-order valence-electron chi connectivity index (χ2n) is 5.46. The van der Waals surface area contributed by atoms with Gasteiger partial charge in [-0.25, -0.2) is 18.4 Å². The van der Waals surface area contributed by atoms with Crippen molar-refractivity contribution >= 4 is 33.3 Å². The van der Waals surface area contributed by atoms with Crippen LogP contribution in [0.15, 0.2) is 47.4 Å². The third-order valence-electron chi connectivity index (χ3n) is 3.41. The summed E-state index contributed by atoms with van der Waals surface area (Å²) in [6, 6.07) is 8.94. The quantitative estimate of drug-likeness (QED) is 0.425. The first-order valence-electron chi connectivity index (χ1n) is 7.43. The fourth-order valence-electron chi connectivity index (χ4n) is 2.15. The Hall–Kier alpha value is -3.31. The highest BCUT2D eigenvalue weighted by Gasteiger charge is 2.16. The maximum atomic E-state index is 12.0. The van der Waals surface area contributed by atoms with Gasteiger partial charge in [-0.3, -0.25) is 14.9 Å². The van der Waals surface area contributed by atoms with Gasteiger partial charge in [-0.2, -0.15) is 0 Å². The average Bonchev–Trinajstić information content (AvgIpc) is 2.58. The number of nitrogens with zero attached hydrogens (tertiary/aromatic N) is 1. The van der Waals surface area contributed by atoms with Gasteiger partial charge in [0, 0.05) is 17.3 Å². The molecule has 0 heterocycles. The number of nitrogens with one attached hydrogen (secondary N) is 1. The van der Waals surface area contributed by atoms with E-state index in [9.17, 15) is 28.1 Å². The van der Waals surface area contributed by atoms with Crippen LogP contribution in [0.4, 0.5) is 11.4 Å². The summed E-state index contributed by atoms with van der Waals surface area (Å²) in [4.78, 5) is 33.8. The third-order valence-corrected chi connectivity index (χ3v) is 4.32. The van der Waals surface area contributed by atoms with Gasteiger partial charge in [0.05, 0.1) is 15.4 Å². The van der Waals surface area contributed by atoms with E-state index in [1.807, 2.05) is 0 Å². The first kappa shape index (κ1) is 20.0. The lowest BCUT2D eigenvalue weighted by molar-refractivity contribution is -0.385. The van der Waals surface area contributed by atoms with Crippen LogP contribution < -0.4 is 10.5 Å². The number of aryl methyl sites for hydroxylation is 1. The molecular formula is C16H15N3O7S. The second kappa shape index (κ2) is 7.93. The van der Waals surface area contributed by atoms with E-state index in [0.29, 0.717) is 0 Å². The van der Waals surface area contributed by atoms with Gasteiger partial charge in [-0.1, -0.05) is 6.07 Å². The van der Waals surface area contributed by atoms with E-state index in [0.717, 1.165) is 6.07 Å².